The molecule has 0 radical (unpaired) electrons. The number of aromatic nitrogens is 1. The average Bonchev–Trinajstić information content (AvgIpc) is 2.42. The van der Waals surface area contributed by atoms with E-state index in [4.69, 9.17) is 0 Å². The summed E-state index contributed by atoms with van der Waals surface area (Å²) in [5, 5.41) is 0. The van der Waals surface area contributed by atoms with Gasteiger partial charge in [0, 0.05) is 24.0 Å². The van der Waals surface area contributed by atoms with Crippen LogP contribution >= 0.6 is 0 Å². The molecule has 1 aromatic heterocycles. The van der Waals surface area contributed by atoms with Gasteiger partial charge >= 0.3 is 0 Å². The summed E-state index contributed by atoms with van der Waals surface area (Å²) in [5.41, 5.74) is 2.99. The van der Waals surface area contributed by atoms with Crippen molar-refractivity contribution in [3.63, 3.8) is 0 Å². The number of rotatable bonds is 4. The normalized spacial score (nSPS) is 10.3. The molecule has 98 valence electrons. The molecule has 0 amide bonds. The molecule has 3 heteroatoms. The molecule has 19 heavy (non-hydrogen) atoms. The van der Waals surface area contributed by atoms with Crippen molar-refractivity contribution in [2.75, 3.05) is 11.4 Å². The Morgan fingerprint density at radius 2 is 1.84 bits per heavy atom. The van der Waals surface area contributed by atoms with Crippen LogP contribution in [0, 0.1) is 6.92 Å². The van der Waals surface area contributed by atoms with Crippen LogP contribution in [0.3, 0.4) is 0 Å². The van der Waals surface area contributed by atoms with Crippen LogP contribution in [0.15, 0.2) is 42.6 Å². The lowest BCUT2D eigenvalue weighted by Gasteiger charge is -2.22. The molecule has 0 fully saturated rings. The van der Waals surface area contributed by atoms with Crippen LogP contribution in [0.25, 0.3) is 0 Å². The Balaban J connectivity index is 2.31. The molecule has 3 nitrogen and oxygen atoms in total. The van der Waals surface area contributed by atoms with Crippen molar-refractivity contribution >= 4 is 17.3 Å². The summed E-state index contributed by atoms with van der Waals surface area (Å²) in [6.07, 6.45) is 1.63. The van der Waals surface area contributed by atoms with E-state index in [1.54, 1.807) is 13.1 Å². The standard InChI is InChI=1S/C16H18N2O/c1-4-18(15-8-5-12(2)6-9-15)16-10-7-14(11-17-16)13(3)19/h5-11H,4H2,1-3H3. The second-order valence-electron chi connectivity index (χ2n) is 4.54. The largest absolute Gasteiger partial charge is 0.327 e. The molecule has 0 saturated heterocycles. The lowest BCUT2D eigenvalue weighted by atomic mass is 10.2. The number of pyridine rings is 1. The third kappa shape index (κ3) is 2.99. The van der Waals surface area contributed by atoms with E-state index in [0.717, 1.165) is 18.1 Å². The smallest absolute Gasteiger partial charge is 0.161 e. The maximum Gasteiger partial charge on any atom is 0.161 e. The lowest BCUT2D eigenvalue weighted by molar-refractivity contribution is 0.101. The first-order chi connectivity index (χ1) is 9.11. The van der Waals surface area contributed by atoms with E-state index in [-0.39, 0.29) is 5.78 Å². The number of aryl methyl sites for hydroxylation is 1. The fraction of sp³-hybridized carbons (Fsp3) is 0.250. The van der Waals surface area contributed by atoms with Crippen molar-refractivity contribution in [1.82, 2.24) is 4.98 Å². The predicted octanol–water partition coefficient (Wildman–Crippen LogP) is 3.75. The summed E-state index contributed by atoms with van der Waals surface area (Å²) in [4.78, 5) is 17.7. The summed E-state index contributed by atoms with van der Waals surface area (Å²) >= 11 is 0. The topological polar surface area (TPSA) is 33.2 Å². The monoisotopic (exact) mass is 254 g/mol. The van der Waals surface area contributed by atoms with E-state index in [1.165, 1.54) is 5.56 Å². The minimum atomic E-state index is 0.0393. The van der Waals surface area contributed by atoms with E-state index >= 15 is 0 Å². The molecule has 0 unspecified atom stereocenters. The highest BCUT2D eigenvalue weighted by molar-refractivity contribution is 5.93. The maximum absolute atomic E-state index is 11.2. The Bertz CT molecular complexity index is 558. The Labute approximate surface area is 113 Å². The van der Waals surface area contributed by atoms with E-state index in [1.807, 2.05) is 12.1 Å². The van der Waals surface area contributed by atoms with Crippen molar-refractivity contribution < 1.29 is 4.79 Å². The molecule has 0 aliphatic heterocycles. The quantitative estimate of drug-likeness (QED) is 0.779. The number of hydrogen-bond acceptors (Lipinski definition) is 3. The second-order valence-corrected chi connectivity index (χ2v) is 4.54. The molecular formula is C16H18N2O. The fourth-order valence-corrected chi connectivity index (χ4v) is 1.96. The van der Waals surface area contributed by atoms with Gasteiger partial charge in [0.15, 0.2) is 5.78 Å². The molecule has 0 spiro atoms. The van der Waals surface area contributed by atoms with Crippen molar-refractivity contribution in [2.45, 2.75) is 20.8 Å². The van der Waals surface area contributed by atoms with Crippen LogP contribution < -0.4 is 4.90 Å². The Kier molecular flexibility index (Phi) is 3.95. The minimum Gasteiger partial charge on any atom is -0.327 e. The van der Waals surface area contributed by atoms with E-state index in [9.17, 15) is 4.79 Å². The van der Waals surface area contributed by atoms with Gasteiger partial charge in [0.05, 0.1) is 0 Å². The number of carbonyl (C=O) groups excluding carboxylic acids is 1. The molecule has 0 atom stereocenters. The Morgan fingerprint density at radius 1 is 1.16 bits per heavy atom. The van der Waals surface area contributed by atoms with Crippen molar-refractivity contribution in [1.29, 1.82) is 0 Å². The number of anilines is 2. The van der Waals surface area contributed by atoms with E-state index in [2.05, 4.69) is 48.0 Å². The fourth-order valence-electron chi connectivity index (χ4n) is 1.96. The van der Waals surface area contributed by atoms with Gasteiger partial charge in [-0.1, -0.05) is 17.7 Å². The van der Waals surface area contributed by atoms with E-state index < -0.39 is 0 Å². The summed E-state index contributed by atoms with van der Waals surface area (Å²) < 4.78 is 0. The summed E-state index contributed by atoms with van der Waals surface area (Å²) in [5.74, 6) is 0.897. The lowest BCUT2D eigenvalue weighted by Crippen LogP contribution is -2.17. The number of Topliss-reactive ketones (excluding diaryl/α,β-unsaturated/α-hetero) is 1. The first kappa shape index (κ1) is 13.3. The first-order valence-electron chi connectivity index (χ1n) is 6.43. The number of ketones is 1. The molecule has 1 heterocycles. The predicted molar refractivity (Wildman–Crippen MR) is 78.1 cm³/mol. The zero-order valence-corrected chi connectivity index (χ0v) is 11.6. The highest BCUT2D eigenvalue weighted by atomic mass is 16.1. The number of hydrogen-bond donors (Lipinski definition) is 0. The number of carbonyl (C=O) groups is 1. The highest BCUT2D eigenvalue weighted by Crippen LogP contribution is 2.23. The number of nitrogens with zero attached hydrogens (tertiary/aromatic N) is 2. The van der Waals surface area contributed by atoms with Gasteiger partial charge in [0.1, 0.15) is 5.82 Å². The van der Waals surface area contributed by atoms with Crippen LogP contribution in [-0.2, 0) is 0 Å². The SMILES string of the molecule is CCN(c1ccc(C)cc1)c1ccc(C(C)=O)cn1. The molecule has 2 aromatic rings. The van der Waals surface area contributed by atoms with Crippen LogP contribution in [-0.4, -0.2) is 17.3 Å². The van der Waals surface area contributed by atoms with Gasteiger partial charge in [0.2, 0.25) is 0 Å². The third-order valence-electron chi connectivity index (χ3n) is 3.09. The van der Waals surface area contributed by atoms with Crippen LogP contribution in [0.5, 0.6) is 0 Å². The van der Waals surface area contributed by atoms with Gasteiger partial charge in [-0.05, 0) is 45.0 Å². The van der Waals surface area contributed by atoms with Crippen molar-refractivity contribution in [2.24, 2.45) is 0 Å². The molecule has 0 saturated carbocycles. The zero-order valence-electron chi connectivity index (χ0n) is 11.6. The van der Waals surface area contributed by atoms with Gasteiger partial charge in [0.25, 0.3) is 0 Å². The number of benzene rings is 1. The molecule has 1 aromatic carbocycles. The summed E-state index contributed by atoms with van der Waals surface area (Å²) in [7, 11) is 0. The first-order valence-corrected chi connectivity index (χ1v) is 6.43. The molecule has 0 aliphatic carbocycles. The van der Waals surface area contributed by atoms with Gasteiger partial charge in [-0.15, -0.1) is 0 Å². The van der Waals surface area contributed by atoms with Crippen LogP contribution in [0.4, 0.5) is 11.5 Å². The van der Waals surface area contributed by atoms with Gasteiger partial charge < -0.3 is 4.90 Å². The van der Waals surface area contributed by atoms with E-state index in [0.29, 0.717) is 5.56 Å². The summed E-state index contributed by atoms with van der Waals surface area (Å²) in [6, 6.07) is 12.0. The molecule has 0 bridgehead atoms. The van der Waals surface area contributed by atoms with Gasteiger partial charge in [-0.2, -0.15) is 0 Å². The zero-order chi connectivity index (χ0) is 13.8. The molecule has 0 N–H and O–H groups in total. The van der Waals surface area contributed by atoms with Crippen molar-refractivity contribution in [3.8, 4) is 0 Å². The molecule has 2 rings (SSSR count). The van der Waals surface area contributed by atoms with Crippen LogP contribution in [0.2, 0.25) is 0 Å². The summed E-state index contributed by atoms with van der Waals surface area (Å²) in [6.45, 7) is 6.53. The maximum atomic E-state index is 11.2. The van der Waals surface area contributed by atoms with Gasteiger partial charge in [-0.25, -0.2) is 4.98 Å². The second kappa shape index (κ2) is 5.65. The Morgan fingerprint density at radius 3 is 2.32 bits per heavy atom. The Hall–Kier alpha value is -2.16. The third-order valence-corrected chi connectivity index (χ3v) is 3.09. The van der Waals surface area contributed by atoms with Crippen LogP contribution in [0.1, 0.15) is 29.8 Å². The minimum absolute atomic E-state index is 0.0393. The molecule has 0 aliphatic rings. The average molecular weight is 254 g/mol. The van der Waals surface area contributed by atoms with Crippen molar-refractivity contribution in [3.05, 3.63) is 53.7 Å². The van der Waals surface area contributed by atoms with Gasteiger partial charge in [-0.3, -0.25) is 4.79 Å². The molecular weight excluding hydrogens is 236 g/mol. The highest BCUT2D eigenvalue weighted by Gasteiger charge is 2.09.